The monoisotopic (exact) mass is 484 g/mol. The summed E-state index contributed by atoms with van der Waals surface area (Å²) < 4.78 is 38.6. The van der Waals surface area contributed by atoms with Crippen molar-refractivity contribution in [1.29, 1.82) is 0 Å². The van der Waals surface area contributed by atoms with E-state index in [2.05, 4.69) is 15.4 Å². The number of ether oxygens (including phenoxy) is 2. The Bertz CT molecular complexity index is 1320. The van der Waals surface area contributed by atoms with E-state index in [-0.39, 0.29) is 43.5 Å². The summed E-state index contributed by atoms with van der Waals surface area (Å²) in [5, 5.41) is 12.4. The largest absolute Gasteiger partial charge is 0.486 e. The molecule has 0 unspecified atom stereocenters. The minimum atomic E-state index is -3.72. The number of hydrogen-bond acceptors (Lipinski definition) is 8. The fourth-order valence-electron chi connectivity index (χ4n) is 3.97. The van der Waals surface area contributed by atoms with Gasteiger partial charge in [0.05, 0.1) is 4.90 Å². The van der Waals surface area contributed by atoms with Crippen molar-refractivity contribution in [2.75, 3.05) is 39.4 Å². The van der Waals surface area contributed by atoms with E-state index < -0.39 is 10.0 Å². The van der Waals surface area contributed by atoms with Gasteiger partial charge in [0, 0.05) is 37.8 Å². The van der Waals surface area contributed by atoms with Gasteiger partial charge in [-0.15, -0.1) is 10.2 Å². The maximum atomic E-state index is 13.1. The molecule has 1 saturated heterocycles. The third-order valence-electron chi connectivity index (χ3n) is 5.86. The van der Waals surface area contributed by atoms with Gasteiger partial charge in [-0.05, 0) is 29.8 Å². The second kappa shape index (κ2) is 9.03. The summed E-state index contributed by atoms with van der Waals surface area (Å²) in [6.07, 6.45) is 0. The van der Waals surface area contributed by atoms with E-state index in [1.807, 2.05) is 31.2 Å². The number of aryl methyl sites for hydroxylation is 1. The summed E-state index contributed by atoms with van der Waals surface area (Å²) in [7, 11) is -3.72. The average molecular weight is 485 g/mol. The minimum absolute atomic E-state index is 0.0617. The number of carbonyl (C=O) groups excluding carboxylic acids is 1. The number of aromatic nitrogens is 4. The molecule has 11 nitrogen and oxygen atoms in total. The van der Waals surface area contributed by atoms with Crippen LogP contribution in [0.4, 0.5) is 0 Å². The number of piperazine rings is 1. The van der Waals surface area contributed by atoms with Crippen LogP contribution in [0.5, 0.6) is 11.5 Å². The van der Waals surface area contributed by atoms with Crippen molar-refractivity contribution >= 4 is 15.9 Å². The first-order valence-corrected chi connectivity index (χ1v) is 12.4. The smallest absolute Gasteiger partial charge is 0.246 e. The van der Waals surface area contributed by atoms with Gasteiger partial charge in [0.15, 0.2) is 11.5 Å². The van der Waals surface area contributed by atoms with Crippen LogP contribution >= 0.6 is 0 Å². The standard InChI is InChI=1S/C22H24N6O5S/c1-16-4-2-3-5-18(16)22-23-25-28(24-22)15-21(29)26-8-10-27(11-9-26)34(30,31)17-6-7-19-20(14-17)33-13-12-32-19/h2-7,14H,8-13,15H2,1H3. The zero-order valence-corrected chi connectivity index (χ0v) is 19.4. The van der Waals surface area contributed by atoms with Crippen LogP contribution in [0.2, 0.25) is 0 Å². The normalized spacial score (nSPS) is 16.4. The fourth-order valence-corrected chi connectivity index (χ4v) is 5.41. The second-order valence-corrected chi connectivity index (χ2v) is 9.99. The molecule has 1 aromatic heterocycles. The maximum absolute atomic E-state index is 13.1. The highest BCUT2D eigenvalue weighted by Crippen LogP contribution is 2.33. The molecule has 3 heterocycles. The van der Waals surface area contributed by atoms with Crippen LogP contribution in [-0.2, 0) is 21.4 Å². The highest BCUT2D eigenvalue weighted by Gasteiger charge is 2.31. The molecule has 2 aliphatic heterocycles. The fraction of sp³-hybridized carbons (Fsp3) is 0.364. The first-order chi connectivity index (χ1) is 16.4. The number of fused-ring (bicyclic) bond motifs is 1. The third kappa shape index (κ3) is 4.33. The Morgan fingerprint density at radius 2 is 1.74 bits per heavy atom. The molecule has 2 aliphatic rings. The molecule has 178 valence electrons. The van der Waals surface area contributed by atoms with E-state index in [4.69, 9.17) is 9.47 Å². The Morgan fingerprint density at radius 3 is 2.50 bits per heavy atom. The van der Waals surface area contributed by atoms with Crippen molar-refractivity contribution in [3.8, 4) is 22.9 Å². The van der Waals surface area contributed by atoms with Crippen LogP contribution in [0.1, 0.15) is 5.56 Å². The van der Waals surface area contributed by atoms with E-state index in [9.17, 15) is 13.2 Å². The lowest BCUT2D eigenvalue weighted by Gasteiger charge is -2.34. The van der Waals surface area contributed by atoms with Gasteiger partial charge in [-0.1, -0.05) is 24.3 Å². The van der Waals surface area contributed by atoms with Gasteiger partial charge in [-0.2, -0.15) is 9.10 Å². The highest BCUT2D eigenvalue weighted by atomic mass is 32.2. The lowest BCUT2D eigenvalue weighted by molar-refractivity contribution is -0.133. The van der Waals surface area contributed by atoms with Crippen molar-refractivity contribution in [3.05, 3.63) is 48.0 Å². The summed E-state index contributed by atoms with van der Waals surface area (Å²) in [6.45, 7) is 3.66. The quantitative estimate of drug-likeness (QED) is 0.525. The van der Waals surface area contributed by atoms with E-state index in [0.29, 0.717) is 30.5 Å². The van der Waals surface area contributed by atoms with E-state index in [0.717, 1.165) is 11.1 Å². The lowest BCUT2D eigenvalue weighted by atomic mass is 10.1. The molecule has 0 spiro atoms. The average Bonchev–Trinajstić information content (AvgIpc) is 3.32. The predicted octanol–water partition coefficient (Wildman–Crippen LogP) is 0.953. The molecule has 0 bridgehead atoms. The maximum Gasteiger partial charge on any atom is 0.246 e. The summed E-state index contributed by atoms with van der Waals surface area (Å²) in [5.74, 6) is 1.23. The van der Waals surface area contributed by atoms with Crippen molar-refractivity contribution in [2.45, 2.75) is 18.4 Å². The molecule has 12 heteroatoms. The Kier molecular flexibility index (Phi) is 5.92. The van der Waals surface area contributed by atoms with Crippen molar-refractivity contribution in [3.63, 3.8) is 0 Å². The molecule has 0 atom stereocenters. The second-order valence-electron chi connectivity index (χ2n) is 8.05. The number of sulfonamides is 1. The zero-order chi connectivity index (χ0) is 23.7. The van der Waals surface area contributed by atoms with E-state index in [1.54, 1.807) is 11.0 Å². The van der Waals surface area contributed by atoms with Gasteiger partial charge < -0.3 is 14.4 Å². The van der Waals surface area contributed by atoms with Crippen LogP contribution in [0.15, 0.2) is 47.4 Å². The first kappa shape index (κ1) is 22.3. The SMILES string of the molecule is Cc1ccccc1-c1nnn(CC(=O)N2CCN(S(=O)(=O)c3ccc4c(c3)OCCO4)CC2)n1. The van der Waals surface area contributed by atoms with Crippen LogP contribution in [-0.4, -0.2) is 83.1 Å². The van der Waals surface area contributed by atoms with Gasteiger partial charge >= 0.3 is 0 Å². The molecule has 34 heavy (non-hydrogen) atoms. The van der Waals surface area contributed by atoms with E-state index >= 15 is 0 Å². The summed E-state index contributed by atoms with van der Waals surface area (Å²) in [6, 6.07) is 12.3. The Labute approximate surface area is 196 Å². The van der Waals surface area contributed by atoms with Gasteiger partial charge in [-0.3, -0.25) is 4.79 Å². The Morgan fingerprint density at radius 1 is 1.00 bits per heavy atom. The molecule has 5 rings (SSSR count). The Hall–Kier alpha value is -3.51. The number of hydrogen-bond donors (Lipinski definition) is 0. The molecule has 0 aliphatic carbocycles. The molecule has 1 fully saturated rings. The molecule has 1 amide bonds. The molecule has 2 aromatic carbocycles. The van der Waals surface area contributed by atoms with Gasteiger partial charge in [0.1, 0.15) is 19.8 Å². The van der Waals surface area contributed by atoms with Crippen molar-refractivity contribution in [2.24, 2.45) is 0 Å². The van der Waals surface area contributed by atoms with Crippen molar-refractivity contribution in [1.82, 2.24) is 29.4 Å². The van der Waals surface area contributed by atoms with Crippen LogP contribution in [0.3, 0.4) is 0 Å². The molecular formula is C22H24N6O5S. The van der Waals surface area contributed by atoms with Gasteiger partial charge in [0.2, 0.25) is 21.8 Å². The molecule has 0 radical (unpaired) electrons. The number of tetrazole rings is 1. The van der Waals surface area contributed by atoms with Crippen molar-refractivity contribution < 1.29 is 22.7 Å². The van der Waals surface area contributed by atoms with Gasteiger partial charge in [0.25, 0.3) is 0 Å². The first-order valence-electron chi connectivity index (χ1n) is 10.9. The number of rotatable bonds is 5. The summed E-state index contributed by atoms with van der Waals surface area (Å²) in [4.78, 5) is 15.8. The van der Waals surface area contributed by atoms with Crippen LogP contribution in [0.25, 0.3) is 11.4 Å². The number of nitrogens with zero attached hydrogens (tertiary/aromatic N) is 6. The molecule has 3 aromatic rings. The minimum Gasteiger partial charge on any atom is -0.486 e. The summed E-state index contributed by atoms with van der Waals surface area (Å²) in [5.41, 5.74) is 1.88. The number of amides is 1. The zero-order valence-electron chi connectivity index (χ0n) is 18.6. The molecule has 0 saturated carbocycles. The topological polar surface area (TPSA) is 120 Å². The summed E-state index contributed by atoms with van der Waals surface area (Å²) >= 11 is 0. The lowest BCUT2D eigenvalue weighted by Crippen LogP contribution is -2.51. The van der Waals surface area contributed by atoms with Crippen LogP contribution < -0.4 is 9.47 Å². The number of benzene rings is 2. The van der Waals surface area contributed by atoms with Gasteiger partial charge in [-0.25, -0.2) is 8.42 Å². The third-order valence-corrected chi connectivity index (χ3v) is 7.75. The molecule has 0 N–H and O–H groups in total. The highest BCUT2D eigenvalue weighted by molar-refractivity contribution is 7.89. The van der Waals surface area contributed by atoms with E-state index in [1.165, 1.54) is 21.2 Å². The Balaban J connectivity index is 1.21. The number of carbonyl (C=O) groups is 1. The predicted molar refractivity (Wildman–Crippen MR) is 121 cm³/mol. The molecular weight excluding hydrogens is 460 g/mol. The van der Waals surface area contributed by atoms with Crippen LogP contribution in [0, 0.1) is 6.92 Å².